The molecule has 0 saturated carbocycles. The van der Waals surface area contributed by atoms with Gasteiger partial charge in [-0.3, -0.25) is 4.79 Å². The Labute approximate surface area is 115 Å². The minimum Gasteiger partial charge on any atom is -0.406 e. The monoisotopic (exact) mass is 290 g/mol. The summed E-state index contributed by atoms with van der Waals surface area (Å²) >= 11 is 0. The lowest BCUT2D eigenvalue weighted by Gasteiger charge is -2.18. The maximum atomic E-state index is 12.0. The molecule has 4 nitrogen and oxygen atoms in total. The predicted molar refractivity (Wildman–Crippen MR) is 68.1 cm³/mol. The first-order valence-electron chi connectivity index (χ1n) is 5.98. The first-order chi connectivity index (χ1) is 9.19. The Morgan fingerprint density at radius 1 is 1.30 bits per heavy atom. The third kappa shape index (κ3) is 5.48. The van der Waals surface area contributed by atoms with Gasteiger partial charge in [0.15, 0.2) is 0 Å². The molecule has 0 aromatic heterocycles. The van der Waals surface area contributed by atoms with Crippen LogP contribution in [0.15, 0.2) is 24.3 Å². The van der Waals surface area contributed by atoms with Gasteiger partial charge in [-0.2, -0.15) is 0 Å². The predicted octanol–water partition coefficient (Wildman–Crippen LogP) is 2.15. The molecule has 112 valence electrons. The second-order valence-corrected chi connectivity index (χ2v) is 4.53. The van der Waals surface area contributed by atoms with Crippen molar-refractivity contribution in [2.45, 2.75) is 25.9 Å². The van der Waals surface area contributed by atoms with Gasteiger partial charge in [-0.1, -0.05) is 12.1 Å². The Morgan fingerprint density at radius 2 is 1.85 bits per heavy atom. The van der Waals surface area contributed by atoms with Crippen LogP contribution >= 0.6 is 0 Å². The minimum absolute atomic E-state index is 0.0676. The molecule has 1 N–H and O–H groups in total. The number of amides is 1. The Balaban J connectivity index is 2.52. The molecule has 1 aromatic carbocycles. The number of benzene rings is 1. The van der Waals surface area contributed by atoms with Crippen molar-refractivity contribution in [3.63, 3.8) is 0 Å². The highest BCUT2D eigenvalue weighted by molar-refractivity contribution is 5.80. The van der Waals surface area contributed by atoms with Crippen molar-refractivity contribution >= 4 is 5.91 Å². The number of nitrogens with zero attached hydrogens (tertiary/aromatic N) is 1. The summed E-state index contributed by atoms with van der Waals surface area (Å²) in [6.07, 6.45) is -4.69. The van der Waals surface area contributed by atoms with Gasteiger partial charge in [0.1, 0.15) is 5.75 Å². The van der Waals surface area contributed by atoms with Crippen molar-refractivity contribution in [3.05, 3.63) is 29.8 Å². The Kier molecular flexibility index (Phi) is 5.38. The van der Waals surface area contributed by atoms with E-state index in [0.29, 0.717) is 6.54 Å². The molecular formula is C13H17F3N2O2. The lowest BCUT2D eigenvalue weighted by Crippen LogP contribution is -2.41. The first-order valence-corrected chi connectivity index (χ1v) is 5.98. The average Bonchev–Trinajstić information content (AvgIpc) is 2.34. The molecule has 1 rings (SSSR count). The lowest BCUT2D eigenvalue weighted by atomic mass is 10.2. The van der Waals surface area contributed by atoms with Gasteiger partial charge in [0.2, 0.25) is 5.91 Å². The van der Waals surface area contributed by atoms with Crippen LogP contribution in [0.5, 0.6) is 5.75 Å². The van der Waals surface area contributed by atoms with Crippen molar-refractivity contribution in [3.8, 4) is 5.75 Å². The van der Waals surface area contributed by atoms with Crippen LogP contribution in [-0.4, -0.2) is 37.3 Å². The molecule has 0 aliphatic heterocycles. The Morgan fingerprint density at radius 3 is 2.30 bits per heavy atom. The zero-order chi connectivity index (χ0) is 15.3. The van der Waals surface area contributed by atoms with Crippen molar-refractivity contribution in [2.24, 2.45) is 0 Å². The molecule has 1 atom stereocenters. The number of halogens is 3. The maximum absolute atomic E-state index is 12.0. The molecule has 0 bridgehead atoms. The van der Waals surface area contributed by atoms with Crippen LogP contribution in [0.2, 0.25) is 0 Å². The summed E-state index contributed by atoms with van der Waals surface area (Å²) in [4.78, 5) is 13.1. The van der Waals surface area contributed by atoms with E-state index in [-0.39, 0.29) is 17.7 Å². The number of nitrogens with one attached hydrogen (secondary N) is 1. The molecule has 20 heavy (non-hydrogen) atoms. The molecule has 0 aliphatic carbocycles. The number of carbonyl (C=O) groups is 1. The standard InChI is InChI=1S/C13H17F3N2O2/c1-9(12(19)18(2)3)17-8-10-4-6-11(7-5-10)20-13(14,15)16/h4-7,9,17H,8H2,1-3H3. The third-order valence-electron chi connectivity index (χ3n) is 2.58. The number of rotatable bonds is 5. The summed E-state index contributed by atoms with van der Waals surface area (Å²) in [6, 6.07) is 5.14. The van der Waals surface area contributed by atoms with E-state index >= 15 is 0 Å². The second kappa shape index (κ2) is 6.60. The van der Waals surface area contributed by atoms with E-state index in [1.54, 1.807) is 21.0 Å². The van der Waals surface area contributed by atoms with Gasteiger partial charge in [0, 0.05) is 20.6 Å². The molecule has 0 heterocycles. The van der Waals surface area contributed by atoms with E-state index in [4.69, 9.17) is 0 Å². The van der Waals surface area contributed by atoms with Crippen LogP contribution < -0.4 is 10.1 Å². The molecule has 1 unspecified atom stereocenters. The molecule has 0 aliphatic rings. The van der Waals surface area contributed by atoms with Crippen LogP contribution in [0.1, 0.15) is 12.5 Å². The minimum atomic E-state index is -4.69. The highest BCUT2D eigenvalue weighted by Gasteiger charge is 2.30. The zero-order valence-electron chi connectivity index (χ0n) is 11.5. The summed E-state index contributed by atoms with van der Waals surface area (Å²) in [5.41, 5.74) is 0.762. The van der Waals surface area contributed by atoms with Gasteiger partial charge < -0.3 is 15.0 Å². The number of hydrogen-bond donors (Lipinski definition) is 1. The Bertz CT molecular complexity index is 444. The van der Waals surface area contributed by atoms with Crippen molar-refractivity contribution < 1.29 is 22.7 Å². The van der Waals surface area contributed by atoms with E-state index < -0.39 is 6.36 Å². The first kappa shape index (κ1) is 16.3. The number of alkyl halides is 3. The lowest BCUT2D eigenvalue weighted by molar-refractivity contribution is -0.274. The molecule has 1 aromatic rings. The fraction of sp³-hybridized carbons (Fsp3) is 0.462. The van der Waals surface area contributed by atoms with Crippen LogP contribution in [-0.2, 0) is 11.3 Å². The van der Waals surface area contributed by atoms with Gasteiger partial charge in [-0.25, -0.2) is 0 Å². The van der Waals surface area contributed by atoms with Gasteiger partial charge >= 0.3 is 6.36 Å². The van der Waals surface area contributed by atoms with E-state index in [9.17, 15) is 18.0 Å². The number of likely N-dealkylation sites (N-methyl/N-ethyl adjacent to an activating group) is 1. The molecule has 0 spiro atoms. The number of ether oxygens (including phenoxy) is 1. The van der Waals surface area contributed by atoms with Gasteiger partial charge in [0.05, 0.1) is 6.04 Å². The quantitative estimate of drug-likeness (QED) is 0.903. The Hall–Kier alpha value is -1.76. The smallest absolute Gasteiger partial charge is 0.406 e. The van der Waals surface area contributed by atoms with Crippen molar-refractivity contribution in [1.29, 1.82) is 0 Å². The molecule has 1 amide bonds. The highest BCUT2D eigenvalue weighted by atomic mass is 19.4. The van der Waals surface area contributed by atoms with E-state index in [0.717, 1.165) is 5.56 Å². The highest BCUT2D eigenvalue weighted by Crippen LogP contribution is 2.22. The van der Waals surface area contributed by atoms with Crippen molar-refractivity contribution in [2.75, 3.05) is 14.1 Å². The average molecular weight is 290 g/mol. The molecular weight excluding hydrogens is 273 g/mol. The summed E-state index contributed by atoms with van der Waals surface area (Å²) in [7, 11) is 3.31. The van der Waals surface area contributed by atoms with Gasteiger partial charge in [-0.05, 0) is 24.6 Å². The summed E-state index contributed by atoms with van der Waals surface area (Å²) in [5, 5.41) is 2.99. The van der Waals surface area contributed by atoms with Crippen LogP contribution in [0.3, 0.4) is 0 Å². The van der Waals surface area contributed by atoms with Crippen LogP contribution in [0.4, 0.5) is 13.2 Å². The summed E-state index contributed by atoms with van der Waals surface area (Å²) in [5.74, 6) is -0.333. The van der Waals surface area contributed by atoms with Crippen LogP contribution in [0.25, 0.3) is 0 Å². The molecule has 0 saturated heterocycles. The number of carbonyl (C=O) groups excluding carboxylic acids is 1. The van der Waals surface area contributed by atoms with E-state index in [1.165, 1.54) is 29.2 Å². The summed E-state index contributed by atoms with van der Waals surface area (Å²) < 4.78 is 39.7. The van der Waals surface area contributed by atoms with Crippen LogP contribution in [0, 0.1) is 0 Å². The fourth-order valence-corrected chi connectivity index (χ4v) is 1.55. The maximum Gasteiger partial charge on any atom is 0.573 e. The zero-order valence-corrected chi connectivity index (χ0v) is 11.5. The second-order valence-electron chi connectivity index (χ2n) is 4.53. The van der Waals surface area contributed by atoms with E-state index in [2.05, 4.69) is 10.1 Å². The largest absolute Gasteiger partial charge is 0.573 e. The molecule has 7 heteroatoms. The number of hydrogen-bond acceptors (Lipinski definition) is 3. The topological polar surface area (TPSA) is 41.6 Å². The van der Waals surface area contributed by atoms with Crippen molar-refractivity contribution in [1.82, 2.24) is 10.2 Å². The molecule has 0 radical (unpaired) electrons. The normalized spacial score (nSPS) is 12.9. The SMILES string of the molecule is CC(NCc1ccc(OC(F)(F)F)cc1)C(=O)N(C)C. The van der Waals surface area contributed by atoms with Gasteiger partial charge in [-0.15, -0.1) is 13.2 Å². The third-order valence-corrected chi connectivity index (χ3v) is 2.58. The summed E-state index contributed by atoms with van der Waals surface area (Å²) in [6.45, 7) is 2.11. The molecule has 0 fully saturated rings. The van der Waals surface area contributed by atoms with E-state index in [1.807, 2.05) is 0 Å². The van der Waals surface area contributed by atoms with Gasteiger partial charge in [0.25, 0.3) is 0 Å². The fourth-order valence-electron chi connectivity index (χ4n) is 1.55.